The summed E-state index contributed by atoms with van der Waals surface area (Å²) in [5.74, 6) is 1.16. The maximum Gasteiger partial charge on any atom is 0.198 e. The third-order valence-electron chi connectivity index (χ3n) is 3.19. The van der Waals surface area contributed by atoms with Gasteiger partial charge in [-0.15, -0.1) is 0 Å². The quantitative estimate of drug-likeness (QED) is 0.704. The topological polar surface area (TPSA) is 43.9 Å². The van der Waals surface area contributed by atoms with Gasteiger partial charge in [-0.1, -0.05) is 13.8 Å². The number of oxazole rings is 1. The number of fused-ring (bicyclic) bond motifs is 1. The highest BCUT2D eigenvalue weighted by atomic mass is 16.3. The first-order chi connectivity index (χ1) is 8.78. The molecule has 3 aromatic rings. The average Bonchev–Trinajstić information content (AvgIpc) is 3.05. The Labute approximate surface area is 105 Å². The summed E-state index contributed by atoms with van der Waals surface area (Å²) in [5.41, 5.74) is 2.71. The van der Waals surface area contributed by atoms with Crippen molar-refractivity contribution in [1.29, 1.82) is 0 Å². The lowest BCUT2D eigenvalue weighted by molar-refractivity contribution is 0.479. The highest BCUT2D eigenvalue weighted by Gasteiger charge is 2.12. The number of aromatic nitrogens is 3. The zero-order valence-corrected chi connectivity index (χ0v) is 10.5. The lowest BCUT2D eigenvalue weighted by atomic mass is 10.1. The molecule has 18 heavy (non-hydrogen) atoms. The second-order valence-corrected chi connectivity index (χ2v) is 4.46. The first-order valence-corrected chi connectivity index (χ1v) is 6.18. The Morgan fingerprint density at radius 3 is 3.00 bits per heavy atom. The highest BCUT2D eigenvalue weighted by molar-refractivity contribution is 5.75. The molecule has 0 aliphatic heterocycles. The lowest BCUT2D eigenvalue weighted by Crippen LogP contribution is -1.92. The summed E-state index contributed by atoms with van der Waals surface area (Å²) in [6.45, 7) is 4.26. The van der Waals surface area contributed by atoms with Gasteiger partial charge in [0, 0.05) is 24.4 Å². The number of nitrogens with zero attached hydrogens (tertiary/aromatic N) is 3. The molecule has 0 aliphatic rings. The predicted molar refractivity (Wildman–Crippen MR) is 69.8 cm³/mol. The molecule has 0 spiro atoms. The van der Waals surface area contributed by atoms with Crippen LogP contribution in [-0.2, 0) is 0 Å². The smallest absolute Gasteiger partial charge is 0.198 e. The summed E-state index contributed by atoms with van der Waals surface area (Å²) in [4.78, 5) is 4.51. The standard InChI is InChI=1S/C14H15N3O/c1-3-10(2)14-16-12-6-5-11(9-13(12)18-14)17-8-4-7-15-17/h4-10H,3H2,1-2H3. The van der Waals surface area contributed by atoms with Crippen LogP contribution >= 0.6 is 0 Å². The summed E-state index contributed by atoms with van der Waals surface area (Å²) in [6.07, 6.45) is 4.70. The van der Waals surface area contributed by atoms with Crippen LogP contribution in [0.4, 0.5) is 0 Å². The fraction of sp³-hybridized carbons (Fsp3) is 0.286. The summed E-state index contributed by atoms with van der Waals surface area (Å²) in [6, 6.07) is 7.84. The number of rotatable bonds is 3. The average molecular weight is 241 g/mol. The van der Waals surface area contributed by atoms with Crippen molar-refractivity contribution in [3.63, 3.8) is 0 Å². The minimum absolute atomic E-state index is 0.352. The lowest BCUT2D eigenvalue weighted by Gasteiger charge is -2.00. The summed E-state index contributed by atoms with van der Waals surface area (Å²) >= 11 is 0. The van der Waals surface area contributed by atoms with E-state index in [0.717, 1.165) is 29.1 Å². The maximum absolute atomic E-state index is 5.81. The van der Waals surface area contributed by atoms with Crippen LogP contribution in [-0.4, -0.2) is 14.8 Å². The molecule has 92 valence electrons. The molecule has 1 unspecified atom stereocenters. The van der Waals surface area contributed by atoms with Crippen LogP contribution in [0.1, 0.15) is 32.1 Å². The van der Waals surface area contributed by atoms with Crippen LogP contribution in [0.2, 0.25) is 0 Å². The Balaban J connectivity index is 2.07. The van der Waals surface area contributed by atoms with Crippen molar-refractivity contribution in [3.05, 3.63) is 42.5 Å². The van der Waals surface area contributed by atoms with E-state index >= 15 is 0 Å². The minimum atomic E-state index is 0.352. The largest absolute Gasteiger partial charge is 0.440 e. The molecule has 0 aliphatic carbocycles. The van der Waals surface area contributed by atoms with Crippen molar-refractivity contribution >= 4 is 11.1 Å². The Morgan fingerprint density at radius 2 is 2.28 bits per heavy atom. The molecule has 0 N–H and O–H groups in total. The van der Waals surface area contributed by atoms with Crippen LogP contribution < -0.4 is 0 Å². The molecule has 0 amide bonds. The molecule has 3 rings (SSSR count). The second-order valence-electron chi connectivity index (χ2n) is 4.46. The van der Waals surface area contributed by atoms with Gasteiger partial charge in [-0.05, 0) is 24.6 Å². The number of hydrogen-bond donors (Lipinski definition) is 0. The number of benzene rings is 1. The fourth-order valence-electron chi connectivity index (χ4n) is 1.88. The molecule has 4 heteroatoms. The predicted octanol–water partition coefficient (Wildman–Crippen LogP) is 3.53. The molecule has 0 fully saturated rings. The van der Waals surface area contributed by atoms with Crippen LogP contribution in [0.25, 0.3) is 16.8 Å². The minimum Gasteiger partial charge on any atom is -0.440 e. The molecular weight excluding hydrogens is 226 g/mol. The molecule has 1 aromatic carbocycles. The van der Waals surface area contributed by atoms with Gasteiger partial charge in [-0.3, -0.25) is 0 Å². The van der Waals surface area contributed by atoms with E-state index in [2.05, 4.69) is 23.9 Å². The van der Waals surface area contributed by atoms with Crippen molar-refractivity contribution in [2.75, 3.05) is 0 Å². The van der Waals surface area contributed by atoms with E-state index < -0.39 is 0 Å². The Hall–Kier alpha value is -2.10. The molecule has 0 saturated carbocycles. The second kappa shape index (κ2) is 4.29. The molecule has 4 nitrogen and oxygen atoms in total. The zero-order valence-electron chi connectivity index (χ0n) is 10.5. The molecule has 1 atom stereocenters. The van der Waals surface area contributed by atoms with Crippen LogP contribution in [0.5, 0.6) is 0 Å². The van der Waals surface area contributed by atoms with E-state index in [4.69, 9.17) is 4.42 Å². The maximum atomic E-state index is 5.81. The molecule has 0 bridgehead atoms. The van der Waals surface area contributed by atoms with Gasteiger partial charge in [0.2, 0.25) is 0 Å². The first kappa shape index (κ1) is 11.0. The molecular formula is C14H15N3O. The van der Waals surface area contributed by atoms with E-state index in [1.807, 2.05) is 35.1 Å². The van der Waals surface area contributed by atoms with Gasteiger partial charge in [-0.2, -0.15) is 5.10 Å². The van der Waals surface area contributed by atoms with Crippen LogP contribution in [0, 0.1) is 0 Å². The van der Waals surface area contributed by atoms with E-state index in [0.29, 0.717) is 5.92 Å². The van der Waals surface area contributed by atoms with Gasteiger partial charge in [0.15, 0.2) is 11.5 Å². The van der Waals surface area contributed by atoms with Gasteiger partial charge in [0.05, 0.1) is 5.69 Å². The molecule has 0 saturated heterocycles. The molecule has 0 radical (unpaired) electrons. The van der Waals surface area contributed by atoms with Crippen molar-refractivity contribution in [2.45, 2.75) is 26.2 Å². The molecule has 2 aromatic heterocycles. The fourth-order valence-corrected chi connectivity index (χ4v) is 1.88. The van der Waals surface area contributed by atoms with Gasteiger partial charge in [-0.25, -0.2) is 9.67 Å². The van der Waals surface area contributed by atoms with Crippen molar-refractivity contribution in [1.82, 2.24) is 14.8 Å². The Kier molecular flexibility index (Phi) is 2.63. The van der Waals surface area contributed by atoms with Gasteiger partial charge in [0.1, 0.15) is 5.52 Å². The van der Waals surface area contributed by atoms with Gasteiger partial charge < -0.3 is 4.42 Å². The van der Waals surface area contributed by atoms with E-state index in [9.17, 15) is 0 Å². The summed E-state index contributed by atoms with van der Waals surface area (Å²) in [7, 11) is 0. The summed E-state index contributed by atoms with van der Waals surface area (Å²) in [5, 5.41) is 4.21. The van der Waals surface area contributed by atoms with E-state index in [1.54, 1.807) is 6.20 Å². The third kappa shape index (κ3) is 1.79. The normalized spacial score (nSPS) is 13.0. The number of hydrogen-bond acceptors (Lipinski definition) is 3. The molecule has 2 heterocycles. The van der Waals surface area contributed by atoms with Crippen molar-refractivity contribution < 1.29 is 4.42 Å². The van der Waals surface area contributed by atoms with Crippen molar-refractivity contribution in [3.8, 4) is 5.69 Å². The van der Waals surface area contributed by atoms with Crippen LogP contribution in [0.3, 0.4) is 0 Å². The SMILES string of the molecule is CCC(C)c1nc2ccc(-n3cccn3)cc2o1. The Bertz CT molecular complexity index is 655. The Morgan fingerprint density at radius 1 is 1.39 bits per heavy atom. The highest BCUT2D eigenvalue weighted by Crippen LogP contribution is 2.24. The monoisotopic (exact) mass is 241 g/mol. The summed E-state index contributed by atoms with van der Waals surface area (Å²) < 4.78 is 7.62. The zero-order chi connectivity index (χ0) is 12.5. The van der Waals surface area contributed by atoms with Gasteiger partial charge in [0.25, 0.3) is 0 Å². The van der Waals surface area contributed by atoms with Crippen LogP contribution in [0.15, 0.2) is 41.1 Å². The van der Waals surface area contributed by atoms with Gasteiger partial charge >= 0.3 is 0 Å². The van der Waals surface area contributed by atoms with E-state index in [1.165, 1.54) is 0 Å². The van der Waals surface area contributed by atoms with E-state index in [-0.39, 0.29) is 0 Å². The third-order valence-corrected chi connectivity index (χ3v) is 3.19. The first-order valence-electron chi connectivity index (χ1n) is 6.18. The van der Waals surface area contributed by atoms with Crippen molar-refractivity contribution in [2.24, 2.45) is 0 Å².